The second-order valence-electron chi connectivity index (χ2n) is 6.18. The predicted octanol–water partition coefficient (Wildman–Crippen LogP) is 1.47. The fraction of sp³-hybridized carbons (Fsp3) is 0.211. The Kier molecular flexibility index (Phi) is 4.37. The third-order valence-electron chi connectivity index (χ3n) is 4.54. The van der Waals surface area contributed by atoms with Gasteiger partial charge in [-0.25, -0.2) is 9.97 Å². The van der Waals surface area contributed by atoms with Crippen molar-refractivity contribution in [1.82, 2.24) is 24.8 Å². The van der Waals surface area contributed by atoms with E-state index >= 15 is 0 Å². The normalized spacial score (nSPS) is 13.1. The van der Waals surface area contributed by atoms with Crippen LogP contribution in [0.15, 0.2) is 47.5 Å². The minimum absolute atomic E-state index is 0.139. The van der Waals surface area contributed by atoms with E-state index in [1.807, 2.05) is 6.07 Å². The fourth-order valence-corrected chi connectivity index (χ4v) is 3.18. The Morgan fingerprint density at radius 2 is 2.04 bits per heavy atom. The number of anilines is 1. The van der Waals surface area contributed by atoms with Crippen LogP contribution in [0, 0.1) is 0 Å². The van der Waals surface area contributed by atoms with Crippen molar-refractivity contribution in [2.45, 2.75) is 13.0 Å². The van der Waals surface area contributed by atoms with E-state index < -0.39 is 0 Å². The molecule has 136 valence electrons. The van der Waals surface area contributed by atoms with Crippen LogP contribution in [-0.2, 0) is 13.0 Å². The number of hydrogen-bond donors (Lipinski definition) is 2. The average molecular weight is 362 g/mol. The lowest BCUT2D eigenvalue weighted by atomic mass is 10.1. The Hall–Kier alpha value is -3.55. The number of carbonyl (C=O) groups excluding carboxylic acids is 1. The summed E-state index contributed by atoms with van der Waals surface area (Å²) in [7, 11) is 1.73. The van der Waals surface area contributed by atoms with Crippen LogP contribution in [0.3, 0.4) is 0 Å². The molecule has 27 heavy (non-hydrogen) atoms. The summed E-state index contributed by atoms with van der Waals surface area (Å²) in [5, 5.41) is 2.94. The molecular weight excluding hydrogens is 344 g/mol. The number of aromatic amines is 1. The van der Waals surface area contributed by atoms with Crippen LogP contribution in [0.2, 0.25) is 0 Å². The van der Waals surface area contributed by atoms with Crippen LogP contribution in [0.1, 0.15) is 21.6 Å². The van der Waals surface area contributed by atoms with Gasteiger partial charge >= 0.3 is 0 Å². The minimum atomic E-state index is -0.176. The standard InChI is InChI=1S/C19H18N6O2/c1-20-16-13(5-4-9-22-16)19(27)25-10-7-12-15(11-25)23-17(24-18(12)26)14-6-2-3-8-21-14/h2-6,8-9H,7,10-11H2,1H3,(H,20,22)(H,23,24,26). The summed E-state index contributed by atoms with van der Waals surface area (Å²) in [6, 6.07) is 8.88. The van der Waals surface area contributed by atoms with E-state index in [-0.39, 0.29) is 18.0 Å². The molecule has 0 aromatic carbocycles. The highest BCUT2D eigenvalue weighted by Crippen LogP contribution is 2.21. The van der Waals surface area contributed by atoms with Crippen LogP contribution in [0.4, 0.5) is 5.82 Å². The van der Waals surface area contributed by atoms with Crippen molar-refractivity contribution in [3.05, 3.63) is 69.9 Å². The van der Waals surface area contributed by atoms with Crippen molar-refractivity contribution in [1.29, 1.82) is 0 Å². The Morgan fingerprint density at radius 1 is 1.19 bits per heavy atom. The molecule has 0 atom stereocenters. The number of pyridine rings is 2. The lowest BCUT2D eigenvalue weighted by Gasteiger charge is -2.28. The van der Waals surface area contributed by atoms with E-state index in [0.29, 0.717) is 47.1 Å². The Bertz CT molecular complexity index is 1050. The quantitative estimate of drug-likeness (QED) is 0.731. The van der Waals surface area contributed by atoms with E-state index in [2.05, 4.69) is 25.3 Å². The number of carbonyl (C=O) groups is 1. The zero-order valence-electron chi connectivity index (χ0n) is 14.8. The van der Waals surface area contributed by atoms with Gasteiger partial charge in [-0.1, -0.05) is 6.07 Å². The first kappa shape index (κ1) is 16.9. The smallest absolute Gasteiger partial charge is 0.257 e. The molecule has 0 radical (unpaired) electrons. The van der Waals surface area contributed by atoms with Crippen molar-refractivity contribution < 1.29 is 4.79 Å². The number of H-pyrrole nitrogens is 1. The molecule has 0 unspecified atom stereocenters. The van der Waals surface area contributed by atoms with Gasteiger partial charge in [0.15, 0.2) is 5.82 Å². The monoisotopic (exact) mass is 362 g/mol. The highest BCUT2D eigenvalue weighted by Gasteiger charge is 2.26. The molecule has 1 aliphatic heterocycles. The minimum Gasteiger partial charge on any atom is -0.372 e. The van der Waals surface area contributed by atoms with E-state index in [4.69, 9.17) is 0 Å². The van der Waals surface area contributed by atoms with Crippen molar-refractivity contribution in [3.8, 4) is 11.5 Å². The molecule has 0 saturated heterocycles. The summed E-state index contributed by atoms with van der Waals surface area (Å²) in [5.74, 6) is 0.798. The van der Waals surface area contributed by atoms with Gasteiger partial charge in [0, 0.05) is 31.5 Å². The molecule has 0 aliphatic carbocycles. The average Bonchev–Trinajstić information content (AvgIpc) is 2.73. The summed E-state index contributed by atoms with van der Waals surface area (Å²) in [6.45, 7) is 0.730. The fourth-order valence-electron chi connectivity index (χ4n) is 3.18. The molecule has 4 heterocycles. The lowest BCUT2D eigenvalue weighted by molar-refractivity contribution is 0.0732. The van der Waals surface area contributed by atoms with Crippen molar-refractivity contribution in [2.75, 3.05) is 18.9 Å². The van der Waals surface area contributed by atoms with Crippen LogP contribution in [0.5, 0.6) is 0 Å². The number of amides is 1. The summed E-state index contributed by atoms with van der Waals surface area (Å²) >= 11 is 0. The summed E-state index contributed by atoms with van der Waals surface area (Å²) in [4.78, 5) is 42.9. The van der Waals surface area contributed by atoms with Gasteiger partial charge < -0.3 is 15.2 Å². The van der Waals surface area contributed by atoms with Gasteiger partial charge in [-0.05, 0) is 30.7 Å². The van der Waals surface area contributed by atoms with E-state index in [1.54, 1.807) is 48.6 Å². The number of aromatic nitrogens is 4. The molecule has 0 saturated carbocycles. The maximum atomic E-state index is 12.9. The first-order chi connectivity index (χ1) is 13.2. The molecular formula is C19H18N6O2. The summed E-state index contributed by atoms with van der Waals surface area (Å²) < 4.78 is 0. The van der Waals surface area contributed by atoms with E-state index in [1.165, 1.54) is 0 Å². The molecule has 3 aromatic heterocycles. The molecule has 0 fully saturated rings. The third kappa shape index (κ3) is 3.17. The van der Waals surface area contributed by atoms with Gasteiger partial charge in [0.1, 0.15) is 11.5 Å². The number of nitrogens with zero attached hydrogens (tertiary/aromatic N) is 4. The number of fused-ring (bicyclic) bond motifs is 1. The van der Waals surface area contributed by atoms with Gasteiger partial charge in [-0.3, -0.25) is 14.6 Å². The van der Waals surface area contributed by atoms with Crippen molar-refractivity contribution in [2.24, 2.45) is 0 Å². The molecule has 2 N–H and O–H groups in total. The van der Waals surface area contributed by atoms with Crippen LogP contribution in [-0.4, -0.2) is 44.3 Å². The molecule has 1 aliphatic rings. The molecule has 8 nitrogen and oxygen atoms in total. The van der Waals surface area contributed by atoms with Crippen LogP contribution in [0.25, 0.3) is 11.5 Å². The third-order valence-corrected chi connectivity index (χ3v) is 4.54. The number of hydrogen-bond acceptors (Lipinski definition) is 6. The number of rotatable bonds is 3. The second kappa shape index (κ2) is 6.99. The van der Waals surface area contributed by atoms with Crippen molar-refractivity contribution in [3.63, 3.8) is 0 Å². The first-order valence-corrected chi connectivity index (χ1v) is 8.63. The van der Waals surface area contributed by atoms with Gasteiger partial charge in [0.05, 0.1) is 17.8 Å². The molecule has 3 aromatic rings. The number of nitrogens with one attached hydrogen (secondary N) is 2. The molecule has 8 heteroatoms. The first-order valence-electron chi connectivity index (χ1n) is 8.63. The molecule has 1 amide bonds. The maximum absolute atomic E-state index is 12.9. The molecule has 0 bridgehead atoms. The topological polar surface area (TPSA) is 104 Å². The van der Waals surface area contributed by atoms with Gasteiger partial charge in [-0.15, -0.1) is 0 Å². The predicted molar refractivity (Wildman–Crippen MR) is 100 cm³/mol. The Morgan fingerprint density at radius 3 is 2.81 bits per heavy atom. The Balaban J connectivity index is 1.67. The highest BCUT2D eigenvalue weighted by atomic mass is 16.2. The highest BCUT2D eigenvalue weighted by molar-refractivity contribution is 5.98. The maximum Gasteiger partial charge on any atom is 0.257 e. The zero-order valence-corrected chi connectivity index (χ0v) is 14.8. The van der Waals surface area contributed by atoms with E-state index in [9.17, 15) is 9.59 Å². The largest absolute Gasteiger partial charge is 0.372 e. The van der Waals surface area contributed by atoms with E-state index in [0.717, 1.165) is 0 Å². The van der Waals surface area contributed by atoms with Gasteiger partial charge in [0.2, 0.25) is 0 Å². The van der Waals surface area contributed by atoms with Crippen LogP contribution >= 0.6 is 0 Å². The lowest BCUT2D eigenvalue weighted by Crippen LogP contribution is -2.39. The van der Waals surface area contributed by atoms with Crippen LogP contribution < -0.4 is 10.9 Å². The molecule has 4 rings (SSSR count). The Labute approximate surface area is 155 Å². The SMILES string of the molecule is CNc1ncccc1C(=O)N1CCc2c(nc(-c3ccccn3)[nH]c2=O)C1. The van der Waals surface area contributed by atoms with Gasteiger partial charge in [0.25, 0.3) is 11.5 Å². The summed E-state index contributed by atoms with van der Waals surface area (Å²) in [5.41, 5.74) is 2.14. The van der Waals surface area contributed by atoms with Crippen molar-refractivity contribution >= 4 is 11.7 Å². The summed E-state index contributed by atoms with van der Waals surface area (Å²) in [6.07, 6.45) is 3.74. The second-order valence-corrected chi connectivity index (χ2v) is 6.18. The van der Waals surface area contributed by atoms with Gasteiger partial charge in [-0.2, -0.15) is 0 Å². The molecule has 0 spiro atoms. The zero-order chi connectivity index (χ0) is 18.8.